The monoisotopic (exact) mass is 563 g/mol. The number of imide groups is 1. The van der Waals surface area contributed by atoms with Crippen molar-refractivity contribution in [2.24, 2.45) is 0 Å². The molecule has 0 aliphatic carbocycles. The summed E-state index contributed by atoms with van der Waals surface area (Å²) in [5.41, 5.74) is 4.19. The number of rotatable bonds is 18. The van der Waals surface area contributed by atoms with Gasteiger partial charge in [0.25, 0.3) is 11.8 Å². The third kappa shape index (κ3) is 10.3. The maximum atomic E-state index is 12.2. The number of benzene rings is 3. The van der Waals surface area contributed by atoms with Gasteiger partial charge in [-0.2, -0.15) is 0 Å². The lowest BCUT2D eigenvalue weighted by atomic mass is 10.0. The Bertz CT molecular complexity index is 1360. The SMILES string of the molecule is O=C1C=C(c2ccc(CCCCCCCCCCCCOc3ccc(C=CC(=O)c4ccccc4)cc3)cc2)C(=O)N1. The van der Waals surface area contributed by atoms with E-state index in [0.29, 0.717) is 11.1 Å². The van der Waals surface area contributed by atoms with Gasteiger partial charge in [0.2, 0.25) is 0 Å². The average Bonchev–Trinajstić information content (AvgIpc) is 3.36. The van der Waals surface area contributed by atoms with Crippen molar-refractivity contribution in [1.82, 2.24) is 5.32 Å². The van der Waals surface area contributed by atoms with Gasteiger partial charge in [-0.25, -0.2) is 0 Å². The van der Waals surface area contributed by atoms with Crippen LogP contribution in [0.1, 0.15) is 91.3 Å². The summed E-state index contributed by atoms with van der Waals surface area (Å²) in [4.78, 5) is 35.3. The third-order valence-electron chi connectivity index (χ3n) is 7.52. The molecule has 2 amide bonds. The number of ketones is 1. The first kappa shape index (κ1) is 30.7. The Labute approximate surface area is 249 Å². The maximum absolute atomic E-state index is 12.2. The molecule has 0 unspecified atom stereocenters. The summed E-state index contributed by atoms with van der Waals surface area (Å²) >= 11 is 0. The Morgan fingerprint density at radius 3 is 1.93 bits per heavy atom. The lowest BCUT2D eigenvalue weighted by Crippen LogP contribution is -2.21. The molecule has 0 bridgehead atoms. The zero-order chi connectivity index (χ0) is 29.4. The fourth-order valence-corrected chi connectivity index (χ4v) is 5.06. The summed E-state index contributed by atoms with van der Waals surface area (Å²) in [6, 6.07) is 25.1. The molecule has 0 fully saturated rings. The minimum Gasteiger partial charge on any atom is -0.494 e. The fourth-order valence-electron chi connectivity index (χ4n) is 5.06. The number of carbonyl (C=O) groups excluding carboxylic acids is 3. The first-order valence-electron chi connectivity index (χ1n) is 15.3. The van der Waals surface area contributed by atoms with Crippen molar-refractivity contribution in [3.05, 3.63) is 113 Å². The van der Waals surface area contributed by atoms with Crippen LogP contribution in [-0.4, -0.2) is 24.2 Å². The van der Waals surface area contributed by atoms with E-state index < -0.39 is 0 Å². The van der Waals surface area contributed by atoms with E-state index in [1.807, 2.05) is 72.8 Å². The van der Waals surface area contributed by atoms with Crippen LogP contribution in [-0.2, 0) is 16.0 Å². The number of unbranched alkanes of at least 4 members (excludes halogenated alkanes) is 9. The number of allylic oxidation sites excluding steroid dienone is 1. The highest BCUT2D eigenvalue weighted by Gasteiger charge is 2.21. The quantitative estimate of drug-likeness (QED) is 0.0734. The molecule has 1 aliphatic rings. The van der Waals surface area contributed by atoms with Crippen molar-refractivity contribution in [3.8, 4) is 5.75 Å². The summed E-state index contributed by atoms with van der Waals surface area (Å²) in [5.74, 6) is 0.215. The summed E-state index contributed by atoms with van der Waals surface area (Å²) < 4.78 is 5.89. The molecular formula is C37H41NO4. The van der Waals surface area contributed by atoms with E-state index in [1.165, 1.54) is 69.4 Å². The normalized spacial score (nSPS) is 12.9. The van der Waals surface area contributed by atoms with Crippen LogP contribution < -0.4 is 10.1 Å². The van der Waals surface area contributed by atoms with Crippen LogP contribution in [0.4, 0.5) is 0 Å². The van der Waals surface area contributed by atoms with E-state index in [0.717, 1.165) is 36.3 Å². The van der Waals surface area contributed by atoms with E-state index in [4.69, 9.17) is 4.74 Å². The van der Waals surface area contributed by atoms with Crippen molar-refractivity contribution in [3.63, 3.8) is 0 Å². The molecular weight excluding hydrogens is 522 g/mol. The smallest absolute Gasteiger partial charge is 0.258 e. The second-order valence-electron chi connectivity index (χ2n) is 10.8. The van der Waals surface area contributed by atoms with Crippen molar-refractivity contribution >= 4 is 29.2 Å². The zero-order valence-electron chi connectivity index (χ0n) is 24.4. The molecule has 42 heavy (non-hydrogen) atoms. The molecule has 0 atom stereocenters. The van der Waals surface area contributed by atoms with Crippen molar-refractivity contribution in [2.75, 3.05) is 6.61 Å². The van der Waals surface area contributed by atoms with Gasteiger partial charge in [-0.3, -0.25) is 19.7 Å². The second kappa shape index (κ2) is 16.9. The fraction of sp³-hybridized carbons (Fsp3) is 0.324. The Morgan fingerprint density at radius 1 is 0.690 bits per heavy atom. The number of ether oxygens (including phenoxy) is 1. The molecule has 4 rings (SSSR count). The van der Waals surface area contributed by atoms with Crippen LogP contribution >= 0.6 is 0 Å². The Morgan fingerprint density at radius 2 is 1.31 bits per heavy atom. The minimum absolute atomic E-state index is 0.00312. The van der Waals surface area contributed by atoms with Gasteiger partial charge in [-0.15, -0.1) is 0 Å². The van der Waals surface area contributed by atoms with Gasteiger partial charge in [-0.1, -0.05) is 124 Å². The second-order valence-corrected chi connectivity index (χ2v) is 10.8. The van der Waals surface area contributed by atoms with Gasteiger partial charge in [0, 0.05) is 11.6 Å². The van der Waals surface area contributed by atoms with Crippen LogP contribution in [0.5, 0.6) is 5.75 Å². The summed E-state index contributed by atoms with van der Waals surface area (Å²) in [5, 5.41) is 2.29. The first-order valence-corrected chi connectivity index (χ1v) is 15.3. The van der Waals surface area contributed by atoms with E-state index in [9.17, 15) is 14.4 Å². The summed E-state index contributed by atoms with van der Waals surface area (Å²) in [7, 11) is 0. The highest BCUT2D eigenvalue weighted by atomic mass is 16.5. The Hall–Kier alpha value is -4.25. The lowest BCUT2D eigenvalue weighted by Gasteiger charge is -2.07. The molecule has 3 aromatic rings. The summed E-state index contributed by atoms with van der Waals surface area (Å²) in [6.07, 6.45) is 18.3. The van der Waals surface area contributed by atoms with Gasteiger partial charge in [0.15, 0.2) is 5.78 Å². The molecule has 1 N–H and O–H groups in total. The van der Waals surface area contributed by atoms with Crippen LogP contribution in [0.3, 0.4) is 0 Å². The molecule has 0 saturated heterocycles. The number of hydrogen-bond acceptors (Lipinski definition) is 4. The van der Waals surface area contributed by atoms with E-state index in [-0.39, 0.29) is 17.6 Å². The standard InChI is InChI=1S/C37H41NO4/c39-35(32-15-11-9-12-16-32)26-21-30-19-24-33(25-20-30)42-27-13-8-6-4-2-1-3-5-7-10-14-29-17-22-31(23-18-29)34-28-36(40)38-37(34)41/h9,11-12,15-26,28H,1-8,10,13-14,27H2,(H,38,40,41). The predicted molar refractivity (Wildman–Crippen MR) is 169 cm³/mol. The molecule has 0 radical (unpaired) electrons. The van der Waals surface area contributed by atoms with E-state index >= 15 is 0 Å². The molecule has 0 saturated carbocycles. The topological polar surface area (TPSA) is 72.5 Å². The number of aryl methyl sites for hydroxylation is 1. The van der Waals surface area contributed by atoms with Gasteiger partial charge >= 0.3 is 0 Å². The van der Waals surface area contributed by atoms with Crippen molar-refractivity contribution in [2.45, 2.75) is 70.6 Å². The molecule has 5 nitrogen and oxygen atoms in total. The van der Waals surface area contributed by atoms with Crippen molar-refractivity contribution < 1.29 is 19.1 Å². The maximum Gasteiger partial charge on any atom is 0.258 e. The molecule has 0 spiro atoms. The minimum atomic E-state index is -0.340. The van der Waals surface area contributed by atoms with Crippen LogP contribution in [0.2, 0.25) is 0 Å². The first-order chi connectivity index (χ1) is 20.6. The number of amides is 2. The van der Waals surface area contributed by atoms with E-state index in [2.05, 4.69) is 17.4 Å². The van der Waals surface area contributed by atoms with Crippen LogP contribution in [0.15, 0.2) is 91.0 Å². The van der Waals surface area contributed by atoms with Gasteiger partial charge < -0.3 is 4.74 Å². The largest absolute Gasteiger partial charge is 0.494 e. The van der Waals surface area contributed by atoms with Crippen LogP contribution in [0.25, 0.3) is 11.6 Å². The molecule has 5 heteroatoms. The van der Waals surface area contributed by atoms with Crippen molar-refractivity contribution in [1.29, 1.82) is 0 Å². The number of hydrogen-bond donors (Lipinski definition) is 1. The number of carbonyl (C=O) groups is 3. The molecule has 1 aliphatic heterocycles. The molecule has 218 valence electrons. The molecule has 1 heterocycles. The average molecular weight is 564 g/mol. The highest BCUT2D eigenvalue weighted by molar-refractivity contribution is 6.33. The third-order valence-corrected chi connectivity index (χ3v) is 7.52. The predicted octanol–water partition coefficient (Wildman–Crippen LogP) is 8.15. The Balaban J connectivity index is 0.961. The van der Waals surface area contributed by atoms with Gasteiger partial charge in [-0.05, 0) is 54.2 Å². The van der Waals surface area contributed by atoms with Gasteiger partial charge in [0.05, 0.1) is 12.2 Å². The summed E-state index contributed by atoms with van der Waals surface area (Å²) in [6.45, 7) is 0.733. The van der Waals surface area contributed by atoms with Gasteiger partial charge in [0.1, 0.15) is 5.75 Å². The molecule has 3 aromatic carbocycles. The molecule has 0 aromatic heterocycles. The lowest BCUT2D eigenvalue weighted by molar-refractivity contribution is -0.123. The van der Waals surface area contributed by atoms with E-state index in [1.54, 1.807) is 6.08 Å². The number of nitrogens with one attached hydrogen (secondary N) is 1. The highest BCUT2D eigenvalue weighted by Crippen LogP contribution is 2.20. The zero-order valence-corrected chi connectivity index (χ0v) is 24.4. The Kier molecular flexibility index (Phi) is 12.3. The van der Waals surface area contributed by atoms with Crippen LogP contribution in [0, 0.1) is 0 Å².